The van der Waals surface area contributed by atoms with E-state index in [4.69, 9.17) is 5.73 Å². The van der Waals surface area contributed by atoms with Crippen molar-refractivity contribution in [2.75, 3.05) is 0 Å². The van der Waals surface area contributed by atoms with Crippen LogP contribution in [-0.4, -0.2) is 16.1 Å². The van der Waals surface area contributed by atoms with Crippen LogP contribution in [0.15, 0.2) is 36.7 Å². The maximum absolute atomic E-state index is 12.0. The zero-order valence-corrected chi connectivity index (χ0v) is 10.8. The minimum Gasteiger partial charge on any atom is -0.406 e. The van der Waals surface area contributed by atoms with E-state index in [1.165, 1.54) is 24.3 Å². The number of hydrogen-bond donors (Lipinski definition) is 1. The van der Waals surface area contributed by atoms with Crippen molar-refractivity contribution in [3.8, 4) is 5.75 Å². The highest BCUT2D eigenvalue weighted by Gasteiger charge is 2.31. The molecule has 0 fully saturated rings. The number of nitrogens with zero attached hydrogens (tertiary/aromatic N) is 2. The van der Waals surface area contributed by atoms with Crippen LogP contribution in [0.3, 0.4) is 0 Å². The van der Waals surface area contributed by atoms with E-state index in [-0.39, 0.29) is 5.75 Å². The predicted octanol–water partition coefficient (Wildman–Crippen LogP) is 2.85. The largest absolute Gasteiger partial charge is 0.573 e. The fourth-order valence-corrected chi connectivity index (χ4v) is 1.78. The molecule has 1 atom stereocenters. The maximum Gasteiger partial charge on any atom is 0.573 e. The number of hydrogen-bond acceptors (Lipinski definition) is 3. The standard InChI is InChI=1S/C13H14F3N3O/c1-2-19-8-10(7-18-19)12(17)9-3-5-11(6-4-9)20-13(14,15)16/h3-8,12H,2,17H2,1H3. The second-order valence-electron chi connectivity index (χ2n) is 4.22. The number of halogens is 3. The summed E-state index contributed by atoms with van der Waals surface area (Å²) in [6.45, 7) is 2.68. The first-order chi connectivity index (χ1) is 9.39. The molecule has 0 radical (unpaired) electrons. The van der Waals surface area contributed by atoms with Gasteiger partial charge in [0.25, 0.3) is 0 Å². The molecule has 1 aromatic heterocycles. The van der Waals surface area contributed by atoms with Gasteiger partial charge in [0.15, 0.2) is 0 Å². The van der Waals surface area contributed by atoms with Crippen molar-refractivity contribution in [1.82, 2.24) is 9.78 Å². The number of alkyl halides is 3. The van der Waals surface area contributed by atoms with Gasteiger partial charge in [-0.05, 0) is 24.6 Å². The molecule has 4 nitrogen and oxygen atoms in total. The highest BCUT2D eigenvalue weighted by molar-refractivity contribution is 5.33. The topological polar surface area (TPSA) is 53.1 Å². The Kier molecular flexibility index (Phi) is 3.99. The molecule has 20 heavy (non-hydrogen) atoms. The van der Waals surface area contributed by atoms with E-state index in [0.717, 1.165) is 12.1 Å². The average Bonchev–Trinajstić information content (AvgIpc) is 2.85. The Labute approximate surface area is 114 Å². The van der Waals surface area contributed by atoms with Crippen LogP contribution in [-0.2, 0) is 6.54 Å². The molecular weight excluding hydrogens is 271 g/mol. The number of benzene rings is 1. The summed E-state index contributed by atoms with van der Waals surface area (Å²) in [5.74, 6) is -0.266. The van der Waals surface area contributed by atoms with E-state index in [2.05, 4.69) is 9.84 Å². The first-order valence-electron chi connectivity index (χ1n) is 6.02. The molecule has 0 amide bonds. The van der Waals surface area contributed by atoms with Crippen molar-refractivity contribution in [2.45, 2.75) is 25.9 Å². The van der Waals surface area contributed by atoms with Gasteiger partial charge in [0, 0.05) is 18.3 Å². The summed E-state index contributed by atoms with van der Waals surface area (Å²) < 4.78 is 41.7. The van der Waals surface area contributed by atoms with Crippen molar-refractivity contribution in [3.05, 3.63) is 47.8 Å². The van der Waals surface area contributed by atoms with Gasteiger partial charge in [-0.3, -0.25) is 4.68 Å². The fourth-order valence-electron chi connectivity index (χ4n) is 1.78. The Morgan fingerprint density at radius 2 is 1.90 bits per heavy atom. The fraction of sp³-hybridized carbons (Fsp3) is 0.308. The lowest BCUT2D eigenvalue weighted by atomic mass is 10.0. The van der Waals surface area contributed by atoms with E-state index >= 15 is 0 Å². The molecule has 2 aromatic rings. The summed E-state index contributed by atoms with van der Waals surface area (Å²) in [7, 11) is 0. The van der Waals surface area contributed by atoms with Gasteiger partial charge in [0.1, 0.15) is 5.75 Å². The molecule has 0 saturated carbocycles. The van der Waals surface area contributed by atoms with Crippen LogP contribution in [0, 0.1) is 0 Å². The summed E-state index contributed by atoms with van der Waals surface area (Å²) in [6.07, 6.45) is -1.23. The maximum atomic E-state index is 12.0. The molecule has 0 aliphatic rings. The van der Waals surface area contributed by atoms with Gasteiger partial charge in [-0.1, -0.05) is 12.1 Å². The monoisotopic (exact) mass is 285 g/mol. The predicted molar refractivity (Wildman–Crippen MR) is 67.1 cm³/mol. The molecule has 1 unspecified atom stereocenters. The molecule has 0 saturated heterocycles. The second kappa shape index (κ2) is 5.54. The SMILES string of the molecule is CCn1cc(C(N)c2ccc(OC(F)(F)F)cc2)cn1. The molecule has 2 N–H and O–H groups in total. The van der Waals surface area contributed by atoms with E-state index in [1.54, 1.807) is 10.9 Å². The van der Waals surface area contributed by atoms with E-state index in [0.29, 0.717) is 5.56 Å². The summed E-state index contributed by atoms with van der Waals surface area (Å²) in [5.41, 5.74) is 7.54. The van der Waals surface area contributed by atoms with Crippen LogP contribution in [0.1, 0.15) is 24.1 Å². The van der Waals surface area contributed by atoms with Crippen LogP contribution in [0.5, 0.6) is 5.75 Å². The van der Waals surface area contributed by atoms with E-state index in [9.17, 15) is 13.2 Å². The number of aryl methyl sites for hydroxylation is 1. The van der Waals surface area contributed by atoms with Crippen molar-refractivity contribution in [3.63, 3.8) is 0 Å². The normalized spacial score (nSPS) is 13.2. The minimum atomic E-state index is -4.69. The first kappa shape index (κ1) is 14.4. The Bertz CT molecular complexity index is 563. The van der Waals surface area contributed by atoms with Gasteiger partial charge >= 0.3 is 6.36 Å². The van der Waals surface area contributed by atoms with Gasteiger partial charge in [0.05, 0.1) is 12.2 Å². The van der Waals surface area contributed by atoms with Gasteiger partial charge in [-0.2, -0.15) is 5.10 Å². The third-order valence-electron chi connectivity index (χ3n) is 2.81. The third kappa shape index (κ3) is 3.51. The summed E-state index contributed by atoms with van der Waals surface area (Å²) >= 11 is 0. The van der Waals surface area contributed by atoms with E-state index < -0.39 is 12.4 Å². The van der Waals surface area contributed by atoms with Crippen molar-refractivity contribution < 1.29 is 17.9 Å². The van der Waals surface area contributed by atoms with Crippen LogP contribution in [0.4, 0.5) is 13.2 Å². The van der Waals surface area contributed by atoms with Crippen LogP contribution in [0.25, 0.3) is 0 Å². The summed E-state index contributed by atoms with van der Waals surface area (Å²) in [6, 6.07) is 5.07. The molecule has 108 valence electrons. The Balaban J connectivity index is 2.13. The van der Waals surface area contributed by atoms with Gasteiger partial charge in [-0.15, -0.1) is 13.2 Å². The molecule has 1 aromatic carbocycles. The summed E-state index contributed by atoms with van der Waals surface area (Å²) in [5, 5.41) is 4.11. The number of nitrogens with two attached hydrogens (primary N) is 1. The average molecular weight is 285 g/mol. The molecule has 0 aliphatic carbocycles. The molecule has 1 heterocycles. The van der Waals surface area contributed by atoms with Crippen molar-refractivity contribution >= 4 is 0 Å². The highest BCUT2D eigenvalue weighted by atomic mass is 19.4. The van der Waals surface area contributed by atoms with Gasteiger partial charge in [-0.25, -0.2) is 0 Å². The molecule has 0 spiro atoms. The summed E-state index contributed by atoms with van der Waals surface area (Å²) in [4.78, 5) is 0. The van der Waals surface area contributed by atoms with Gasteiger partial charge < -0.3 is 10.5 Å². The Morgan fingerprint density at radius 1 is 1.25 bits per heavy atom. The Hall–Kier alpha value is -2.02. The smallest absolute Gasteiger partial charge is 0.406 e. The van der Waals surface area contributed by atoms with Crippen LogP contribution in [0.2, 0.25) is 0 Å². The number of aromatic nitrogens is 2. The Morgan fingerprint density at radius 3 is 2.40 bits per heavy atom. The van der Waals surface area contributed by atoms with Crippen molar-refractivity contribution in [2.24, 2.45) is 5.73 Å². The highest BCUT2D eigenvalue weighted by Crippen LogP contribution is 2.25. The lowest BCUT2D eigenvalue weighted by Crippen LogP contribution is -2.17. The molecule has 7 heteroatoms. The number of rotatable bonds is 4. The molecule has 0 bridgehead atoms. The zero-order chi connectivity index (χ0) is 14.8. The zero-order valence-electron chi connectivity index (χ0n) is 10.8. The molecular formula is C13H14F3N3O. The second-order valence-corrected chi connectivity index (χ2v) is 4.22. The van der Waals surface area contributed by atoms with Crippen molar-refractivity contribution in [1.29, 1.82) is 0 Å². The minimum absolute atomic E-state index is 0.266. The quantitative estimate of drug-likeness (QED) is 0.939. The lowest BCUT2D eigenvalue weighted by Gasteiger charge is -2.12. The van der Waals surface area contributed by atoms with Crippen LogP contribution >= 0.6 is 0 Å². The molecule has 2 rings (SSSR count). The number of ether oxygens (including phenoxy) is 1. The lowest BCUT2D eigenvalue weighted by molar-refractivity contribution is -0.274. The van der Waals surface area contributed by atoms with Crippen LogP contribution < -0.4 is 10.5 Å². The molecule has 0 aliphatic heterocycles. The van der Waals surface area contributed by atoms with E-state index in [1.807, 2.05) is 13.1 Å². The van der Waals surface area contributed by atoms with Gasteiger partial charge in [0.2, 0.25) is 0 Å². The third-order valence-corrected chi connectivity index (χ3v) is 2.81. The first-order valence-corrected chi connectivity index (χ1v) is 6.02.